The van der Waals surface area contributed by atoms with Gasteiger partial charge in [-0.3, -0.25) is 9.59 Å². The highest BCUT2D eigenvalue weighted by atomic mass is 16.2. The summed E-state index contributed by atoms with van der Waals surface area (Å²) in [5, 5.41) is 8.58. The first-order valence-corrected chi connectivity index (χ1v) is 8.21. The largest absolute Gasteiger partial charge is 0.324 e. The van der Waals surface area contributed by atoms with Gasteiger partial charge in [-0.05, 0) is 44.9 Å². The van der Waals surface area contributed by atoms with Gasteiger partial charge in [-0.1, -0.05) is 35.9 Å². The minimum atomic E-state index is -0.265. The van der Waals surface area contributed by atoms with E-state index < -0.39 is 0 Å². The fourth-order valence-corrected chi connectivity index (χ4v) is 3.20. The zero-order valence-electron chi connectivity index (χ0n) is 14.9. The van der Waals surface area contributed by atoms with Crippen molar-refractivity contribution in [2.45, 2.75) is 34.2 Å². The SMILES string of the molecule is Cc1cc(C)c(NC(=O)Cn2nc(C)c3ccccc3c2=O)c(C)c1. The lowest BCUT2D eigenvalue weighted by Crippen LogP contribution is -2.30. The fraction of sp³-hybridized carbons (Fsp3) is 0.250. The standard InChI is InChI=1S/C20H21N3O2/c1-12-9-13(2)19(14(3)10-12)21-18(24)11-23-20(25)17-8-6-5-7-16(17)15(4)22-23/h5-10H,11H2,1-4H3,(H,21,24). The normalized spacial score (nSPS) is 10.9. The topological polar surface area (TPSA) is 64.0 Å². The molecule has 0 atom stereocenters. The maximum atomic E-state index is 12.6. The molecule has 3 rings (SSSR count). The number of hydrogen-bond acceptors (Lipinski definition) is 3. The molecule has 2 aromatic carbocycles. The van der Waals surface area contributed by atoms with Crippen LogP contribution in [0.15, 0.2) is 41.2 Å². The Morgan fingerprint density at radius 1 is 1.04 bits per heavy atom. The van der Waals surface area contributed by atoms with E-state index in [9.17, 15) is 9.59 Å². The molecule has 0 saturated carbocycles. The van der Waals surface area contributed by atoms with Gasteiger partial charge < -0.3 is 5.32 Å². The van der Waals surface area contributed by atoms with Gasteiger partial charge in [-0.25, -0.2) is 4.68 Å². The Kier molecular flexibility index (Phi) is 4.40. The number of aryl methyl sites for hydroxylation is 4. The minimum Gasteiger partial charge on any atom is -0.324 e. The van der Waals surface area contributed by atoms with Crippen LogP contribution in [0.5, 0.6) is 0 Å². The molecule has 0 radical (unpaired) electrons. The van der Waals surface area contributed by atoms with Crippen LogP contribution in [0.1, 0.15) is 22.4 Å². The quantitative estimate of drug-likeness (QED) is 0.799. The summed E-state index contributed by atoms with van der Waals surface area (Å²) in [6.45, 7) is 7.66. The number of aromatic nitrogens is 2. The molecule has 0 aliphatic heterocycles. The number of nitrogens with zero attached hydrogens (tertiary/aromatic N) is 2. The molecular weight excluding hydrogens is 314 g/mol. The summed E-state index contributed by atoms with van der Waals surface area (Å²) in [6, 6.07) is 11.3. The predicted molar refractivity (Wildman–Crippen MR) is 100 cm³/mol. The third-order valence-electron chi connectivity index (χ3n) is 4.29. The molecule has 1 amide bonds. The van der Waals surface area contributed by atoms with Gasteiger partial charge in [0.15, 0.2) is 0 Å². The first-order valence-electron chi connectivity index (χ1n) is 8.21. The summed E-state index contributed by atoms with van der Waals surface area (Å²) >= 11 is 0. The van der Waals surface area contributed by atoms with E-state index in [4.69, 9.17) is 0 Å². The number of carbonyl (C=O) groups excluding carboxylic acids is 1. The molecule has 1 N–H and O–H groups in total. The highest BCUT2D eigenvalue weighted by Crippen LogP contribution is 2.21. The Morgan fingerprint density at radius 3 is 2.28 bits per heavy atom. The van der Waals surface area contributed by atoms with Gasteiger partial charge >= 0.3 is 0 Å². The van der Waals surface area contributed by atoms with E-state index in [-0.39, 0.29) is 18.0 Å². The number of fused-ring (bicyclic) bond motifs is 1. The van der Waals surface area contributed by atoms with Crippen LogP contribution < -0.4 is 10.9 Å². The maximum Gasteiger partial charge on any atom is 0.275 e. The number of nitrogens with one attached hydrogen (secondary N) is 1. The second-order valence-electron chi connectivity index (χ2n) is 6.42. The molecule has 0 aliphatic rings. The molecule has 0 fully saturated rings. The Labute approximate surface area is 146 Å². The summed E-state index contributed by atoms with van der Waals surface area (Å²) < 4.78 is 1.23. The number of hydrogen-bond donors (Lipinski definition) is 1. The van der Waals surface area contributed by atoms with E-state index in [1.807, 2.05) is 58.0 Å². The van der Waals surface area contributed by atoms with Crippen LogP contribution in [-0.4, -0.2) is 15.7 Å². The molecule has 128 valence electrons. The molecule has 0 bridgehead atoms. The van der Waals surface area contributed by atoms with Crippen molar-refractivity contribution in [2.24, 2.45) is 0 Å². The zero-order valence-corrected chi connectivity index (χ0v) is 14.9. The van der Waals surface area contributed by atoms with Gasteiger partial charge in [0, 0.05) is 11.1 Å². The molecule has 1 heterocycles. The van der Waals surface area contributed by atoms with Crippen molar-refractivity contribution in [1.29, 1.82) is 0 Å². The van der Waals surface area contributed by atoms with Crippen molar-refractivity contribution in [3.05, 3.63) is 69.1 Å². The lowest BCUT2D eigenvalue weighted by molar-refractivity contribution is -0.117. The molecule has 0 saturated heterocycles. The fourth-order valence-electron chi connectivity index (χ4n) is 3.20. The predicted octanol–water partition coefficient (Wildman–Crippen LogP) is 3.27. The molecule has 0 unspecified atom stereocenters. The Hall–Kier alpha value is -2.95. The Morgan fingerprint density at radius 2 is 1.64 bits per heavy atom. The van der Waals surface area contributed by atoms with E-state index in [2.05, 4.69) is 10.4 Å². The molecule has 25 heavy (non-hydrogen) atoms. The van der Waals surface area contributed by atoms with Gasteiger partial charge in [-0.15, -0.1) is 0 Å². The summed E-state index contributed by atoms with van der Waals surface area (Å²) in [4.78, 5) is 25.0. The van der Waals surface area contributed by atoms with Crippen molar-refractivity contribution in [3.63, 3.8) is 0 Å². The van der Waals surface area contributed by atoms with Crippen molar-refractivity contribution in [1.82, 2.24) is 9.78 Å². The number of carbonyl (C=O) groups is 1. The van der Waals surface area contributed by atoms with E-state index in [0.717, 1.165) is 33.5 Å². The minimum absolute atomic E-state index is 0.114. The van der Waals surface area contributed by atoms with E-state index in [0.29, 0.717) is 5.39 Å². The highest BCUT2D eigenvalue weighted by Gasteiger charge is 2.13. The third-order valence-corrected chi connectivity index (χ3v) is 4.29. The van der Waals surface area contributed by atoms with Crippen LogP contribution in [0, 0.1) is 27.7 Å². The van der Waals surface area contributed by atoms with Crippen molar-refractivity contribution in [2.75, 3.05) is 5.32 Å². The monoisotopic (exact) mass is 335 g/mol. The summed E-state index contributed by atoms with van der Waals surface area (Å²) in [7, 11) is 0. The molecule has 0 aliphatic carbocycles. The zero-order chi connectivity index (χ0) is 18.1. The summed E-state index contributed by atoms with van der Waals surface area (Å²) in [6.07, 6.45) is 0. The Bertz CT molecular complexity index is 1010. The second kappa shape index (κ2) is 6.51. The molecule has 5 nitrogen and oxygen atoms in total. The number of benzene rings is 2. The second-order valence-corrected chi connectivity index (χ2v) is 6.42. The number of rotatable bonds is 3. The van der Waals surface area contributed by atoms with Crippen LogP contribution >= 0.6 is 0 Å². The lowest BCUT2D eigenvalue weighted by Gasteiger charge is -2.14. The average Bonchev–Trinajstić information content (AvgIpc) is 2.56. The third kappa shape index (κ3) is 3.31. The smallest absolute Gasteiger partial charge is 0.275 e. The van der Waals surface area contributed by atoms with E-state index >= 15 is 0 Å². The van der Waals surface area contributed by atoms with Gasteiger partial charge in [0.25, 0.3) is 5.56 Å². The van der Waals surface area contributed by atoms with Crippen LogP contribution in [0.25, 0.3) is 10.8 Å². The van der Waals surface area contributed by atoms with Gasteiger partial charge in [0.1, 0.15) is 6.54 Å². The molecule has 1 aromatic heterocycles. The molecule has 3 aromatic rings. The first-order chi connectivity index (χ1) is 11.9. The average molecular weight is 335 g/mol. The van der Waals surface area contributed by atoms with Crippen LogP contribution in [0.4, 0.5) is 5.69 Å². The number of anilines is 1. The summed E-state index contributed by atoms with van der Waals surface area (Å²) in [5.41, 5.74) is 4.42. The van der Waals surface area contributed by atoms with Gasteiger partial charge in [0.2, 0.25) is 5.91 Å². The highest BCUT2D eigenvalue weighted by molar-refractivity contribution is 5.92. The summed E-state index contributed by atoms with van der Waals surface area (Å²) in [5.74, 6) is -0.265. The van der Waals surface area contributed by atoms with Crippen molar-refractivity contribution in [3.8, 4) is 0 Å². The number of amides is 1. The van der Waals surface area contributed by atoms with Gasteiger partial charge in [0.05, 0.1) is 11.1 Å². The van der Waals surface area contributed by atoms with Gasteiger partial charge in [-0.2, -0.15) is 5.10 Å². The molecule has 5 heteroatoms. The molecule has 0 spiro atoms. The molecular formula is C20H21N3O2. The van der Waals surface area contributed by atoms with Crippen LogP contribution in [0.3, 0.4) is 0 Å². The van der Waals surface area contributed by atoms with Crippen LogP contribution in [-0.2, 0) is 11.3 Å². The Balaban J connectivity index is 1.91. The first kappa shape index (κ1) is 16.9. The van der Waals surface area contributed by atoms with Crippen LogP contribution in [0.2, 0.25) is 0 Å². The lowest BCUT2D eigenvalue weighted by atomic mass is 10.1. The van der Waals surface area contributed by atoms with Crippen molar-refractivity contribution < 1.29 is 4.79 Å². The van der Waals surface area contributed by atoms with E-state index in [1.54, 1.807) is 6.07 Å². The maximum absolute atomic E-state index is 12.6. The van der Waals surface area contributed by atoms with Crippen molar-refractivity contribution >= 4 is 22.4 Å². The van der Waals surface area contributed by atoms with E-state index in [1.165, 1.54) is 4.68 Å².